The Bertz CT molecular complexity index is 253. The molecule has 0 aliphatic heterocycles. The summed E-state index contributed by atoms with van der Waals surface area (Å²) < 4.78 is 0. The van der Waals surface area contributed by atoms with Crippen molar-refractivity contribution in [3.63, 3.8) is 0 Å². The highest BCUT2D eigenvalue weighted by atomic mass is 16.2. The molecular weight excluding hydrogens is 212 g/mol. The van der Waals surface area contributed by atoms with Gasteiger partial charge in [-0.15, -0.1) is 0 Å². The van der Waals surface area contributed by atoms with Crippen LogP contribution < -0.4 is 5.73 Å². The second-order valence-electron chi connectivity index (χ2n) is 6.35. The first-order chi connectivity index (χ1) is 7.86. The quantitative estimate of drug-likeness (QED) is 0.775. The molecular formula is C14H28N2O. The van der Waals surface area contributed by atoms with Gasteiger partial charge in [0.05, 0.1) is 0 Å². The zero-order valence-electron chi connectivity index (χ0n) is 11.8. The molecule has 17 heavy (non-hydrogen) atoms. The molecule has 2 N–H and O–H groups in total. The van der Waals surface area contributed by atoms with Crippen molar-refractivity contribution in [1.29, 1.82) is 0 Å². The third-order valence-corrected chi connectivity index (χ3v) is 3.57. The normalized spacial score (nSPS) is 17.9. The summed E-state index contributed by atoms with van der Waals surface area (Å²) in [5.41, 5.74) is 6.10. The molecule has 1 rings (SSSR count). The highest BCUT2D eigenvalue weighted by molar-refractivity contribution is 5.77. The van der Waals surface area contributed by atoms with Crippen LogP contribution in [-0.4, -0.2) is 29.4 Å². The minimum Gasteiger partial charge on any atom is -0.340 e. The Balaban J connectivity index is 2.47. The van der Waals surface area contributed by atoms with Gasteiger partial charge in [-0.3, -0.25) is 4.79 Å². The van der Waals surface area contributed by atoms with Crippen molar-refractivity contribution in [2.45, 2.75) is 71.9 Å². The maximum Gasteiger partial charge on any atom is 0.224 e. The molecule has 3 nitrogen and oxygen atoms in total. The number of amides is 1. The summed E-state index contributed by atoms with van der Waals surface area (Å²) in [4.78, 5) is 14.3. The average Bonchev–Trinajstić information content (AvgIpc) is 3.01. The van der Waals surface area contributed by atoms with Gasteiger partial charge in [0, 0.05) is 25.0 Å². The lowest BCUT2D eigenvalue weighted by Gasteiger charge is -2.30. The van der Waals surface area contributed by atoms with Crippen molar-refractivity contribution >= 4 is 5.91 Å². The first-order valence-corrected chi connectivity index (χ1v) is 6.91. The lowest BCUT2D eigenvalue weighted by Crippen LogP contribution is -2.42. The number of nitrogens with zero attached hydrogens (tertiary/aromatic N) is 1. The second-order valence-corrected chi connectivity index (χ2v) is 6.35. The summed E-state index contributed by atoms with van der Waals surface area (Å²) in [5.74, 6) is 0.253. The van der Waals surface area contributed by atoms with E-state index in [9.17, 15) is 4.79 Å². The summed E-state index contributed by atoms with van der Waals surface area (Å²) in [6.07, 6.45) is 5.10. The molecule has 1 unspecified atom stereocenters. The minimum absolute atomic E-state index is 0.00956. The molecule has 0 aromatic heterocycles. The molecule has 0 bridgehead atoms. The van der Waals surface area contributed by atoms with Gasteiger partial charge in [-0.2, -0.15) is 0 Å². The van der Waals surface area contributed by atoms with E-state index in [1.165, 1.54) is 12.8 Å². The zero-order chi connectivity index (χ0) is 13.1. The van der Waals surface area contributed by atoms with Crippen molar-refractivity contribution < 1.29 is 4.79 Å². The Morgan fingerprint density at radius 3 is 2.41 bits per heavy atom. The van der Waals surface area contributed by atoms with E-state index in [0.717, 1.165) is 19.4 Å². The Labute approximate surface area is 106 Å². The van der Waals surface area contributed by atoms with E-state index in [0.29, 0.717) is 12.5 Å². The van der Waals surface area contributed by atoms with Crippen molar-refractivity contribution in [1.82, 2.24) is 4.90 Å². The molecule has 0 aromatic rings. The average molecular weight is 240 g/mol. The highest BCUT2D eigenvalue weighted by Crippen LogP contribution is 2.29. The summed E-state index contributed by atoms with van der Waals surface area (Å²) in [7, 11) is 0. The lowest BCUT2D eigenvalue weighted by molar-refractivity contribution is -0.132. The predicted octanol–water partition coefficient (Wildman–Crippen LogP) is 2.54. The largest absolute Gasteiger partial charge is 0.340 e. The number of carbonyl (C=O) groups is 1. The number of rotatable bonds is 6. The third-order valence-electron chi connectivity index (χ3n) is 3.57. The fourth-order valence-electron chi connectivity index (χ4n) is 1.84. The Hall–Kier alpha value is -0.570. The Morgan fingerprint density at radius 2 is 2.00 bits per heavy atom. The molecule has 0 saturated heterocycles. The van der Waals surface area contributed by atoms with E-state index in [2.05, 4.69) is 32.6 Å². The van der Waals surface area contributed by atoms with Crippen LogP contribution in [0.3, 0.4) is 0 Å². The topological polar surface area (TPSA) is 46.3 Å². The van der Waals surface area contributed by atoms with E-state index in [1.54, 1.807) is 0 Å². The van der Waals surface area contributed by atoms with Crippen LogP contribution in [0.2, 0.25) is 0 Å². The lowest BCUT2D eigenvalue weighted by atomic mass is 9.85. The summed E-state index contributed by atoms with van der Waals surface area (Å²) in [6.45, 7) is 9.36. The standard InChI is InChI=1S/C14H28N2O/c1-5-6-9-16(11-7-8-11)13(17)10-12(15)14(2,3)4/h11-12H,5-10,15H2,1-4H3. The second kappa shape index (κ2) is 5.85. The van der Waals surface area contributed by atoms with Gasteiger partial charge in [0.2, 0.25) is 5.91 Å². The van der Waals surface area contributed by atoms with Gasteiger partial charge in [0.25, 0.3) is 0 Å². The SMILES string of the molecule is CCCCN(C(=O)CC(N)C(C)(C)C)C1CC1. The van der Waals surface area contributed by atoms with Crippen LogP contribution in [0.25, 0.3) is 0 Å². The van der Waals surface area contributed by atoms with Gasteiger partial charge in [-0.05, 0) is 24.7 Å². The number of unbranched alkanes of at least 4 members (excludes halogenated alkanes) is 1. The van der Waals surface area contributed by atoms with Crippen LogP contribution in [-0.2, 0) is 4.79 Å². The maximum atomic E-state index is 12.2. The van der Waals surface area contributed by atoms with Crippen LogP contribution >= 0.6 is 0 Å². The Morgan fingerprint density at radius 1 is 1.41 bits per heavy atom. The fraction of sp³-hybridized carbons (Fsp3) is 0.929. The summed E-state index contributed by atoms with van der Waals surface area (Å²) in [6, 6.07) is 0.471. The predicted molar refractivity (Wildman–Crippen MR) is 71.7 cm³/mol. The van der Waals surface area contributed by atoms with E-state index >= 15 is 0 Å². The van der Waals surface area contributed by atoms with Crippen molar-refractivity contribution in [2.75, 3.05) is 6.54 Å². The van der Waals surface area contributed by atoms with Gasteiger partial charge in [0.1, 0.15) is 0 Å². The molecule has 1 saturated carbocycles. The third kappa shape index (κ3) is 4.66. The molecule has 0 radical (unpaired) electrons. The number of hydrogen-bond acceptors (Lipinski definition) is 2. The van der Waals surface area contributed by atoms with E-state index < -0.39 is 0 Å². The minimum atomic E-state index is -0.0436. The van der Waals surface area contributed by atoms with E-state index in [4.69, 9.17) is 5.73 Å². The van der Waals surface area contributed by atoms with Crippen molar-refractivity contribution in [2.24, 2.45) is 11.1 Å². The molecule has 100 valence electrons. The molecule has 0 heterocycles. The van der Waals surface area contributed by atoms with Crippen LogP contribution in [0.1, 0.15) is 59.8 Å². The monoisotopic (exact) mass is 240 g/mol. The van der Waals surface area contributed by atoms with Crippen LogP contribution in [0, 0.1) is 5.41 Å². The van der Waals surface area contributed by atoms with Crippen molar-refractivity contribution in [3.8, 4) is 0 Å². The number of carbonyl (C=O) groups excluding carboxylic acids is 1. The first kappa shape index (κ1) is 14.5. The smallest absolute Gasteiger partial charge is 0.224 e. The van der Waals surface area contributed by atoms with Gasteiger partial charge in [0.15, 0.2) is 0 Å². The molecule has 1 aliphatic rings. The molecule has 0 aromatic carbocycles. The molecule has 1 amide bonds. The van der Waals surface area contributed by atoms with Gasteiger partial charge in [-0.25, -0.2) is 0 Å². The number of hydrogen-bond donors (Lipinski definition) is 1. The Kier molecular flexibility index (Phi) is 4.99. The van der Waals surface area contributed by atoms with Crippen LogP contribution in [0.4, 0.5) is 0 Å². The molecule has 1 atom stereocenters. The van der Waals surface area contributed by atoms with E-state index in [-0.39, 0.29) is 17.4 Å². The highest BCUT2D eigenvalue weighted by Gasteiger charge is 2.33. The number of nitrogens with two attached hydrogens (primary N) is 1. The van der Waals surface area contributed by atoms with Crippen LogP contribution in [0.15, 0.2) is 0 Å². The van der Waals surface area contributed by atoms with E-state index in [1.807, 2.05) is 0 Å². The van der Waals surface area contributed by atoms with Gasteiger partial charge < -0.3 is 10.6 Å². The summed E-state index contributed by atoms with van der Waals surface area (Å²) >= 11 is 0. The molecule has 1 fully saturated rings. The van der Waals surface area contributed by atoms with Crippen LogP contribution in [0.5, 0.6) is 0 Å². The van der Waals surface area contributed by atoms with Gasteiger partial charge >= 0.3 is 0 Å². The molecule has 0 spiro atoms. The fourth-order valence-corrected chi connectivity index (χ4v) is 1.84. The first-order valence-electron chi connectivity index (χ1n) is 6.91. The summed E-state index contributed by atoms with van der Waals surface area (Å²) in [5, 5.41) is 0. The zero-order valence-corrected chi connectivity index (χ0v) is 11.8. The maximum absolute atomic E-state index is 12.2. The molecule has 1 aliphatic carbocycles. The van der Waals surface area contributed by atoms with Gasteiger partial charge in [-0.1, -0.05) is 34.1 Å². The van der Waals surface area contributed by atoms with Crippen molar-refractivity contribution in [3.05, 3.63) is 0 Å². The molecule has 3 heteroatoms.